The average Bonchev–Trinajstić information content (AvgIpc) is 3.22. The van der Waals surface area contributed by atoms with Gasteiger partial charge in [-0.15, -0.1) is 11.3 Å². The lowest BCUT2D eigenvalue weighted by molar-refractivity contribution is -0.134. The molecule has 1 aromatic carbocycles. The number of aromatic nitrogens is 1. The third kappa shape index (κ3) is 4.76. The molecule has 1 aliphatic carbocycles. The quantitative estimate of drug-likeness (QED) is 0.769. The van der Waals surface area contributed by atoms with Crippen LogP contribution < -0.4 is 10.2 Å². The van der Waals surface area contributed by atoms with Crippen LogP contribution in [0.4, 0.5) is 10.8 Å². The number of piperazine rings is 1. The Morgan fingerprint density at radius 1 is 1.19 bits per heavy atom. The molecule has 2 aliphatic rings. The van der Waals surface area contributed by atoms with Crippen LogP contribution in [0.15, 0.2) is 24.3 Å². The lowest BCUT2D eigenvalue weighted by Crippen LogP contribution is -2.49. The Labute approximate surface area is 188 Å². The normalized spacial score (nSPS) is 18.8. The van der Waals surface area contributed by atoms with Gasteiger partial charge in [0.25, 0.3) is 0 Å². The fourth-order valence-corrected chi connectivity index (χ4v) is 5.63. The zero-order valence-corrected chi connectivity index (χ0v) is 19.5. The molecule has 1 N–H and O–H groups in total. The van der Waals surface area contributed by atoms with Crippen LogP contribution in [0.5, 0.6) is 0 Å². The van der Waals surface area contributed by atoms with Crippen molar-refractivity contribution < 1.29 is 9.59 Å². The number of nitrogens with zero attached hydrogens (tertiary/aromatic N) is 3. The predicted molar refractivity (Wildman–Crippen MR) is 126 cm³/mol. The van der Waals surface area contributed by atoms with Gasteiger partial charge >= 0.3 is 0 Å². The summed E-state index contributed by atoms with van der Waals surface area (Å²) < 4.78 is 0. The third-order valence-corrected chi connectivity index (χ3v) is 7.49. The Hall–Kier alpha value is -2.41. The van der Waals surface area contributed by atoms with Gasteiger partial charge in [-0.1, -0.05) is 39.0 Å². The Morgan fingerprint density at radius 3 is 2.65 bits per heavy atom. The Bertz CT molecular complexity index is 947. The summed E-state index contributed by atoms with van der Waals surface area (Å²) in [5.41, 5.74) is 3.25. The number of anilines is 2. The number of aryl methyl sites for hydroxylation is 2. The van der Waals surface area contributed by atoms with Crippen molar-refractivity contribution in [1.82, 2.24) is 9.88 Å². The monoisotopic (exact) mass is 440 g/mol. The fraction of sp³-hybridized carbons (Fsp3) is 0.542. The fourth-order valence-electron chi connectivity index (χ4n) is 4.39. The maximum atomic E-state index is 12.9. The highest BCUT2D eigenvalue weighted by atomic mass is 32.1. The van der Waals surface area contributed by atoms with E-state index in [0.29, 0.717) is 0 Å². The first kappa shape index (κ1) is 21.8. The van der Waals surface area contributed by atoms with Crippen LogP contribution in [-0.2, 0) is 28.9 Å². The molecule has 0 radical (unpaired) electrons. The molecule has 1 atom stereocenters. The highest BCUT2D eigenvalue weighted by Gasteiger charge is 2.30. The summed E-state index contributed by atoms with van der Waals surface area (Å²) in [6.45, 7) is 9.17. The summed E-state index contributed by atoms with van der Waals surface area (Å²) in [5.74, 6) is 0.385. The largest absolute Gasteiger partial charge is 0.345 e. The van der Waals surface area contributed by atoms with Crippen molar-refractivity contribution in [2.75, 3.05) is 36.4 Å². The first-order valence-corrected chi connectivity index (χ1v) is 12.2. The summed E-state index contributed by atoms with van der Waals surface area (Å²) >= 11 is 1.72. The average molecular weight is 441 g/mol. The summed E-state index contributed by atoms with van der Waals surface area (Å²) in [7, 11) is 0. The highest BCUT2D eigenvalue weighted by molar-refractivity contribution is 7.15. The van der Waals surface area contributed by atoms with Crippen molar-refractivity contribution in [3.05, 3.63) is 40.4 Å². The molecular weight excluding hydrogens is 408 g/mol. The van der Waals surface area contributed by atoms with Gasteiger partial charge in [-0.25, -0.2) is 4.98 Å². The van der Waals surface area contributed by atoms with E-state index in [4.69, 9.17) is 4.98 Å². The molecule has 1 aromatic heterocycles. The van der Waals surface area contributed by atoms with Crippen LogP contribution in [0, 0.1) is 11.8 Å². The number of carbonyl (C=O) groups excluding carboxylic acids is 2. The van der Waals surface area contributed by atoms with Crippen LogP contribution in [0.2, 0.25) is 0 Å². The number of rotatable bonds is 5. The van der Waals surface area contributed by atoms with Gasteiger partial charge in [0.1, 0.15) is 0 Å². The topological polar surface area (TPSA) is 65.5 Å². The number of benzene rings is 1. The summed E-state index contributed by atoms with van der Waals surface area (Å²) in [6.07, 6.45) is 3.36. The number of fused-ring (bicyclic) bond motifs is 1. The molecule has 1 fully saturated rings. The van der Waals surface area contributed by atoms with E-state index < -0.39 is 0 Å². The second-order valence-electron chi connectivity index (χ2n) is 8.77. The summed E-state index contributed by atoms with van der Waals surface area (Å²) in [5, 5.41) is 4.19. The molecule has 7 heteroatoms. The van der Waals surface area contributed by atoms with Crippen LogP contribution in [0.3, 0.4) is 0 Å². The first-order chi connectivity index (χ1) is 15.0. The highest BCUT2D eigenvalue weighted by Crippen LogP contribution is 2.35. The maximum absolute atomic E-state index is 12.9. The van der Waals surface area contributed by atoms with Crippen LogP contribution in [0.1, 0.15) is 43.3 Å². The molecule has 166 valence electrons. The van der Waals surface area contributed by atoms with Gasteiger partial charge < -0.3 is 15.1 Å². The molecule has 0 bridgehead atoms. The van der Waals surface area contributed by atoms with Crippen LogP contribution >= 0.6 is 11.3 Å². The Kier molecular flexibility index (Phi) is 6.60. The minimum absolute atomic E-state index is 0.00813. The van der Waals surface area contributed by atoms with E-state index in [1.165, 1.54) is 10.4 Å². The molecule has 0 spiro atoms. The third-order valence-electron chi connectivity index (χ3n) is 6.31. The van der Waals surface area contributed by atoms with Gasteiger partial charge in [-0.3, -0.25) is 9.59 Å². The SMILES string of the molecule is CCc1ccccc1NC(=O)[C@@H]1CCc2nc(N3CCN(C(=O)C(C)C)CC3)sc2C1. The minimum atomic E-state index is -0.00813. The molecule has 1 aliphatic heterocycles. The van der Waals surface area contributed by atoms with Gasteiger partial charge in [0.05, 0.1) is 5.69 Å². The van der Waals surface area contributed by atoms with Gasteiger partial charge in [-0.2, -0.15) is 0 Å². The van der Waals surface area contributed by atoms with Gasteiger partial charge in [-0.05, 0) is 37.3 Å². The lowest BCUT2D eigenvalue weighted by atomic mass is 9.90. The van der Waals surface area contributed by atoms with E-state index in [-0.39, 0.29) is 23.7 Å². The van der Waals surface area contributed by atoms with Crippen molar-refractivity contribution >= 4 is 34.0 Å². The second-order valence-corrected chi connectivity index (χ2v) is 9.84. The second kappa shape index (κ2) is 9.39. The van der Waals surface area contributed by atoms with Gasteiger partial charge in [0, 0.05) is 48.6 Å². The number of nitrogens with one attached hydrogen (secondary N) is 1. The zero-order chi connectivity index (χ0) is 22.0. The van der Waals surface area contributed by atoms with Crippen LogP contribution in [-0.4, -0.2) is 47.9 Å². The lowest BCUT2D eigenvalue weighted by Gasteiger charge is -2.35. The van der Waals surface area contributed by atoms with Crippen LogP contribution in [0.25, 0.3) is 0 Å². The van der Waals surface area contributed by atoms with E-state index >= 15 is 0 Å². The molecule has 2 amide bonds. The Morgan fingerprint density at radius 2 is 1.94 bits per heavy atom. The molecule has 4 rings (SSSR count). The summed E-state index contributed by atoms with van der Waals surface area (Å²) in [6, 6.07) is 8.04. The number of carbonyl (C=O) groups is 2. The first-order valence-electron chi connectivity index (χ1n) is 11.4. The smallest absolute Gasteiger partial charge is 0.227 e. The number of thiazole rings is 1. The van der Waals surface area contributed by atoms with Crippen molar-refractivity contribution in [3.63, 3.8) is 0 Å². The Balaban J connectivity index is 1.38. The molecular formula is C24H32N4O2S. The number of amides is 2. The van der Waals surface area contributed by atoms with E-state index in [1.54, 1.807) is 11.3 Å². The molecule has 0 unspecified atom stereocenters. The number of para-hydroxylation sites is 1. The summed E-state index contributed by atoms with van der Waals surface area (Å²) in [4.78, 5) is 35.6. The van der Waals surface area contributed by atoms with Crippen molar-refractivity contribution in [1.29, 1.82) is 0 Å². The van der Waals surface area contributed by atoms with Crippen molar-refractivity contribution in [2.45, 2.75) is 46.5 Å². The number of hydrogen-bond donors (Lipinski definition) is 1. The maximum Gasteiger partial charge on any atom is 0.227 e. The van der Waals surface area contributed by atoms with E-state index in [9.17, 15) is 9.59 Å². The van der Waals surface area contributed by atoms with Crippen molar-refractivity contribution in [3.8, 4) is 0 Å². The zero-order valence-electron chi connectivity index (χ0n) is 18.7. The van der Waals surface area contributed by atoms with E-state index in [0.717, 1.165) is 68.4 Å². The molecule has 1 saturated heterocycles. The van der Waals surface area contributed by atoms with E-state index in [2.05, 4.69) is 23.2 Å². The van der Waals surface area contributed by atoms with Gasteiger partial charge in [0.15, 0.2) is 5.13 Å². The molecule has 6 nitrogen and oxygen atoms in total. The molecule has 2 aromatic rings. The predicted octanol–water partition coefficient (Wildman–Crippen LogP) is 3.75. The van der Waals surface area contributed by atoms with E-state index in [1.807, 2.05) is 36.9 Å². The molecule has 0 saturated carbocycles. The standard InChI is InChI=1S/C24H32N4O2S/c1-4-17-7-5-6-8-19(17)25-22(29)18-9-10-20-21(15-18)31-24(26-20)28-13-11-27(12-14-28)23(30)16(2)3/h5-8,16,18H,4,9-15H2,1-3H3,(H,25,29)/t18-/m1/s1. The minimum Gasteiger partial charge on any atom is -0.345 e. The molecule has 2 heterocycles. The van der Waals surface area contributed by atoms with Crippen molar-refractivity contribution in [2.24, 2.45) is 11.8 Å². The number of hydrogen-bond acceptors (Lipinski definition) is 5. The van der Waals surface area contributed by atoms with Gasteiger partial charge in [0.2, 0.25) is 11.8 Å². The molecule has 31 heavy (non-hydrogen) atoms.